The summed E-state index contributed by atoms with van der Waals surface area (Å²) in [6.07, 6.45) is 0. The number of primary amides is 1. The van der Waals surface area contributed by atoms with Crippen LogP contribution in [0.1, 0.15) is 35.3 Å². The molecule has 0 aliphatic heterocycles. The van der Waals surface area contributed by atoms with Crippen LogP contribution < -0.4 is 15.2 Å². The van der Waals surface area contributed by atoms with Crippen LogP contribution in [0.3, 0.4) is 0 Å². The zero-order valence-corrected chi connectivity index (χ0v) is 18.4. The molecule has 8 nitrogen and oxygen atoms in total. The average Bonchev–Trinajstić information content (AvgIpc) is 2.80. The maximum Gasteiger partial charge on any atom is 0.252 e. The van der Waals surface area contributed by atoms with Crippen molar-refractivity contribution in [2.24, 2.45) is 5.73 Å². The highest BCUT2D eigenvalue weighted by molar-refractivity contribution is 5.96. The van der Waals surface area contributed by atoms with Crippen molar-refractivity contribution < 1.29 is 23.7 Å². The molecule has 0 heterocycles. The molecule has 0 saturated heterocycles. The predicted octanol–water partition coefficient (Wildman–Crippen LogP) is 5.09. The van der Waals surface area contributed by atoms with E-state index >= 15 is 0 Å². The monoisotopic (exact) mass is 447 g/mol. The van der Waals surface area contributed by atoms with Gasteiger partial charge in [-0.2, -0.15) is 0 Å². The standard InChI is InChI=1S/C25H25N3O5/c1-3-30-24(27)16-5-9-18(10-6-16)32-20-13-14-21(23(26)29)22(15-20)33-19-11-7-17(8-12-19)25(28)31-4-2/h5-15,27-28H,3-4H2,1-2H3,(H2,26,29). The lowest BCUT2D eigenvalue weighted by Crippen LogP contribution is -2.12. The van der Waals surface area contributed by atoms with Gasteiger partial charge in [0, 0.05) is 17.2 Å². The molecule has 1 amide bonds. The number of rotatable bonds is 9. The molecule has 33 heavy (non-hydrogen) atoms. The zero-order chi connectivity index (χ0) is 23.8. The maximum absolute atomic E-state index is 11.9. The minimum absolute atomic E-state index is 0.0692. The lowest BCUT2D eigenvalue weighted by molar-refractivity contribution is 0.0998. The number of amides is 1. The number of hydrogen-bond acceptors (Lipinski definition) is 7. The molecule has 0 fully saturated rings. The minimum atomic E-state index is -0.634. The van der Waals surface area contributed by atoms with Gasteiger partial charge in [-0.05, 0) is 74.5 Å². The van der Waals surface area contributed by atoms with E-state index < -0.39 is 5.91 Å². The fourth-order valence-electron chi connectivity index (χ4n) is 2.92. The molecular weight excluding hydrogens is 422 g/mol. The van der Waals surface area contributed by atoms with Crippen LogP contribution in [0.25, 0.3) is 0 Å². The van der Waals surface area contributed by atoms with Crippen LogP contribution in [-0.4, -0.2) is 30.9 Å². The van der Waals surface area contributed by atoms with E-state index in [0.717, 1.165) is 0 Å². The molecule has 8 heteroatoms. The summed E-state index contributed by atoms with van der Waals surface area (Å²) in [5, 5.41) is 15.7. The lowest BCUT2D eigenvalue weighted by Gasteiger charge is -2.13. The summed E-state index contributed by atoms with van der Waals surface area (Å²) < 4.78 is 22.1. The van der Waals surface area contributed by atoms with Crippen molar-refractivity contribution in [2.45, 2.75) is 13.8 Å². The third-order valence-corrected chi connectivity index (χ3v) is 4.49. The number of nitrogens with two attached hydrogens (primary N) is 1. The Balaban J connectivity index is 1.79. The van der Waals surface area contributed by atoms with Gasteiger partial charge in [0.05, 0.1) is 18.8 Å². The Hall–Kier alpha value is -4.33. The molecule has 4 N–H and O–H groups in total. The minimum Gasteiger partial charge on any atom is -0.478 e. The number of ether oxygens (including phenoxy) is 4. The Kier molecular flexibility index (Phi) is 7.64. The van der Waals surface area contributed by atoms with E-state index in [-0.39, 0.29) is 23.1 Å². The van der Waals surface area contributed by atoms with Crippen molar-refractivity contribution in [3.63, 3.8) is 0 Å². The Morgan fingerprint density at radius 3 is 1.64 bits per heavy atom. The van der Waals surface area contributed by atoms with E-state index in [0.29, 0.717) is 41.6 Å². The molecule has 170 valence electrons. The molecule has 0 unspecified atom stereocenters. The Bertz CT molecular complexity index is 1140. The van der Waals surface area contributed by atoms with E-state index in [1.54, 1.807) is 60.7 Å². The first kappa shape index (κ1) is 23.3. The highest BCUT2D eigenvalue weighted by Crippen LogP contribution is 2.32. The van der Waals surface area contributed by atoms with Crippen LogP contribution in [0.2, 0.25) is 0 Å². The maximum atomic E-state index is 11.9. The third-order valence-electron chi connectivity index (χ3n) is 4.49. The second-order valence-electron chi connectivity index (χ2n) is 6.80. The molecule has 3 rings (SSSR count). The smallest absolute Gasteiger partial charge is 0.252 e. The van der Waals surface area contributed by atoms with Crippen LogP contribution in [0, 0.1) is 10.8 Å². The first-order valence-electron chi connectivity index (χ1n) is 10.3. The van der Waals surface area contributed by atoms with Gasteiger partial charge in [-0.3, -0.25) is 15.6 Å². The van der Waals surface area contributed by atoms with Gasteiger partial charge in [-0.15, -0.1) is 0 Å². The van der Waals surface area contributed by atoms with Crippen molar-refractivity contribution in [3.8, 4) is 23.0 Å². The van der Waals surface area contributed by atoms with Crippen LogP contribution >= 0.6 is 0 Å². The zero-order valence-electron chi connectivity index (χ0n) is 18.4. The summed E-state index contributed by atoms with van der Waals surface area (Å²) in [6.45, 7) is 4.46. The number of carbonyl (C=O) groups excluding carboxylic acids is 1. The molecule has 3 aromatic carbocycles. The van der Waals surface area contributed by atoms with E-state index in [9.17, 15) is 4.79 Å². The fourth-order valence-corrected chi connectivity index (χ4v) is 2.92. The highest BCUT2D eigenvalue weighted by Gasteiger charge is 2.13. The second kappa shape index (κ2) is 10.8. The first-order chi connectivity index (χ1) is 15.9. The van der Waals surface area contributed by atoms with E-state index in [2.05, 4.69) is 0 Å². The Morgan fingerprint density at radius 2 is 1.18 bits per heavy atom. The second-order valence-corrected chi connectivity index (χ2v) is 6.80. The highest BCUT2D eigenvalue weighted by atomic mass is 16.5. The molecule has 3 aromatic rings. The molecule has 0 aromatic heterocycles. The first-order valence-corrected chi connectivity index (χ1v) is 10.3. The summed E-state index contributed by atoms with van der Waals surface area (Å²) in [6, 6.07) is 18.4. The van der Waals surface area contributed by atoms with Gasteiger partial charge >= 0.3 is 0 Å². The van der Waals surface area contributed by atoms with Gasteiger partial charge in [-0.1, -0.05) is 0 Å². The number of hydrogen-bond donors (Lipinski definition) is 3. The number of benzene rings is 3. The SMILES string of the molecule is CCOC(=N)c1ccc(Oc2ccc(C(N)=O)c(Oc3ccc(C(=N)OCC)cc3)c2)cc1. The molecule has 0 spiro atoms. The van der Waals surface area contributed by atoms with E-state index in [1.165, 1.54) is 6.07 Å². The quantitative estimate of drug-likeness (QED) is 0.311. The summed E-state index contributed by atoms with van der Waals surface area (Å²) in [5.74, 6) is 1.21. The lowest BCUT2D eigenvalue weighted by atomic mass is 10.1. The largest absolute Gasteiger partial charge is 0.478 e. The van der Waals surface area contributed by atoms with Gasteiger partial charge in [0.1, 0.15) is 23.0 Å². The number of nitrogens with one attached hydrogen (secondary N) is 2. The molecule has 0 bridgehead atoms. The van der Waals surface area contributed by atoms with Crippen molar-refractivity contribution in [1.82, 2.24) is 0 Å². The molecular formula is C25H25N3O5. The van der Waals surface area contributed by atoms with Crippen molar-refractivity contribution in [1.29, 1.82) is 10.8 Å². The fraction of sp³-hybridized carbons (Fsp3) is 0.160. The van der Waals surface area contributed by atoms with E-state index in [1.807, 2.05) is 13.8 Å². The van der Waals surface area contributed by atoms with Crippen LogP contribution in [0.4, 0.5) is 0 Å². The number of carbonyl (C=O) groups is 1. The molecule has 0 aliphatic rings. The van der Waals surface area contributed by atoms with Crippen molar-refractivity contribution in [2.75, 3.05) is 13.2 Å². The normalized spacial score (nSPS) is 10.2. The topological polar surface area (TPSA) is 128 Å². The summed E-state index contributed by atoms with van der Waals surface area (Å²) in [4.78, 5) is 11.9. The van der Waals surface area contributed by atoms with Gasteiger partial charge in [-0.25, -0.2) is 0 Å². The average molecular weight is 447 g/mol. The predicted molar refractivity (Wildman–Crippen MR) is 125 cm³/mol. The van der Waals surface area contributed by atoms with E-state index in [4.69, 9.17) is 35.5 Å². The third kappa shape index (κ3) is 6.10. The van der Waals surface area contributed by atoms with Crippen molar-refractivity contribution in [3.05, 3.63) is 83.4 Å². The summed E-state index contributed by atoms with van der Waals surface area (Å²) >= 11 is 0. The van der Waals surface area contributed by atoms with Crippen molar-refractivity contribution >= 4 is 17.7 Å². The van der Waals surface area contributed by atoms with Gasteiger partial charge in [0.2, 0.25) is 11.8 Å². The molecule has 0 radical (unpaired) electrons. The van der Waals surface area contributed by atoms with Crippen LogP contribution in [-0.2, 0) is 9.47 Å². The van der Waals surface area contributed by atoms with Gasteiger partial charge < -0.3 is 24.7 Å². The Labute approximate surface area is 191 Å². The van der Waals surface area contributed by atoms with Crippen LogP contribution in [0.5, 0.6) is 23.0 Å². The van der Waals surface area contributed by atoms with Crippen LogP contribution in [0.15, 0.2) is 66.7 Å². The Morgan fingerprint density at radius 1 is 0.727 bits per heavy atom. The molecule has 0 saturated carbocycles. The summed E-state index contributed by atoms with van der Waals surface area (Å²) in [5.41, 5.74) is 6.95. The molecule has 0 aliphatic carbocycles. The van der Waals surface area contributed by atoms with Gasteiger partial charge in [0.15, 0.2) is 0 Å². The van der Waals surface area contributed by atoms with Gasteiger partial charge in [0.25, 0.3) is 5.91 Å². The molecule has 0 atom stereocenters. The summed E-state index contributed by atoms with van der Waals surface area (Å²) in [7, 11) is 0.